The van der Waals surface area contributed by atoms with Gasteiger partial charge in [0.1, 0.15) is 12.4 Å². The summed E-state index contributed by atoms with van der Waals surface area (Å²) in [6.45, 7) is 1.66. The number of oxazole rings is 1. The number of rotatable bonds is 6. The van der Waals surface area contributed by atoms with Gasteiger partial charge < -0.3 is 14.1 Å². The van der Waals surface area contributed by atoms with E-state index in [1.807, 2.05) is 4.90 Å². The van der Waals surface area contributed by atoms with Crippen molar-refractivity contribution in [2.45, 2.75) is 17.7 Å². The third-order valence-electron chi connectivity index (χ3n) is 5.53. The highest BCUT2D eigenvalue weighted by atomic mass is 32.2. The largest absolute Gasteiger partial charge is 0.445 e. The topological polar surface area (TPSA) is 95.9 Å². The van der Waals surface area contributed by atoms with Crippen LogP contribution in [0.2, 0.25) is 0 Å². The molecular formula is C22H21F4N3O5S. The van der Waals surface area contributed by atoms with Crippen LogP contribution in [0, 0.1) is 5.82 Å². The van der Waals surface area contributed by atoms with Gasteiger partial charge in [-0.1, -0.05) is 0 Å². The second-order valence-corrected chi connectivity index (χ2v) is 9.52. The average Bonchev–Trinajstić information content (AvgIpc) is 3.19. The minimum Gasteiger partial charge on any atom is -0.445 e. The molecule has 2 aromatic carbocycles. The van der Waals surface area contributed by atoms with Gasteiger partial charge in [-0.3, -0.25) is 14.1 Å². The quantitative estimate of drug-likeness (QED) is 0.506. The summed E-state index contributed by atoms with van der Waals surface area (Å²) >= 11 is 0. The lowest BCUT2D eigenvalue weighted by molar-refractivity contribution is -0.137. The molecule has 188 valence electrons. The van der Waals surface area contributed by atoms with Gasteiger partial charge in [0.25, 0.3) is 0 Å². The standard InChI is InChI=1S/C22H21F4N3O5S/c23-16-10-14(9-15(11-16)22(24,25)26)13-33-21(31)29-5-3-28(4-6-29)7-8-35(32)17-1-2-18-19(12-17)34-20(30)27-18/h1-2,9-12H,3-8,13H2,(H,27,30)/t35-/m1/s1. The summed E-state index contributed by atoms with van der Waals surface area (Å²) in [7, 11) is -1.32. The second kappa shape index (κ2) is 10.2. The number of aromatic amines is 1. The third kappa shape index (κ3) is 6.28. The van der Waals surface area contributed by atoms with Crippen molar-refractivity contribution >= 4 is 28.0 Å². The van der Waals surface area contributed by atoms with E-state index in [4.69, 9.17) is 9.15 Å². The number of benzene rings is 2. The highest BCUT2D eigenvalue weighted by Crippen LogP contribution is 2.30. The number of carbonyl (C=O) groups is 1. The van der Waals surface area contributed by atoms with Gasteiger partial charge in [-0.2, -0.15) is 13.2 Å². The van der Waals surface area contributed by atoms with Gasteiger partial charge in [0.2, 0.25) is 0 Å². The Balaban J connectivity index is 1.23. The number of hydrogen-bond acceptors (Lipinski definition) is 6. The van der Waals surface area contributed by atoms with E-state index in [9.17, 15) is 31.4 Å². The molecule has 1 fully saturated rings. The number of hydrogen-bond donors (Lipinski definition) is 1. The lowest BCUT2D eigenvalue weighted by atomic mass is 10.1. The monoisotopic (exact) mass is 515 g/mol. The number of aromatic nitrogens is 1. The zero-order chi connectivity index (χ0) is 25.2. The highest BCUT2D eigenvalue weighted by molar-refractivity contribution is 7.85. The molecule has 3 aromatic rings. The van der Waals surface area contributed by atoms with Crippen LogP contribution in [-0.4, -0.2) is 63.6 Å². The molecule has 1 aliphatic rings. The number of piperazine rings is 1. The van der Waals surface area contributed by atoms with Gasteiger partial charge in [0.15, 0.2) is 5.58 Å². The van der Waals surface area contributed by atoms with Gasteiger partial charge in [0.05, 0.1) is 21.9 Å². The molecule has 1 aromatic heterocycles. The number of fused-ring (bicyclic) bond motifs is 1. The molecule has 1 amide bonds. The van der Waals surface area contributed by atoms with Gasteiger partial charge in [-0.15, -0.1) is 0 Å². The normalized spacial score (nSPS) is 15.9. The van der Waals surface area contributed by atoms with Gasteiger partial charge >= 0.3 is 18.0 Å². The Morgan fingerprint density at radius 2 is 1.86 bits per heavy atom. The Morgan fingerprint density at radius 1 is 1.11 bits per heavy atom. The number of amides is 1. The van der Waals surface area contributed by atoms with Gasteiger partial charge in [0, 0.05) is 43.4 Å². The molecule has 0 spiro atoms. The van der Waals surface area contributed by atoms with Crippen molar-refractivity contribution in [1.29, 1.82) is 0 Å². The maximum Gasteiger partial charge on any atom is 0.417 e. The Bertz CT molecular complexity index is 1300. The van der Waals surface area contributed by atoms with Crippen LogP contribution < -0.4 is 5.76 Å². The molecule has 13 heteroatoms. The van der Waals surface area contributed by atoms with E-state index in [0.29, 0.717) is 60.5 Å². The Morgan fingerprint density at radius 3 is 2.57 bits per heavy atom. The number of nitrogens with zero attached hydrogens (tertiary/aromatic N) is 2. The zero-order valence-electron chi connectivity index (χ0n) is 18.3. The molecule has 1 atom stereocenters. The molecule has 0 aliphatic carbocycles. The molecule has 35 heavy (non-hydrogen) atoms. The smallest absolute Gasteiger partial charge is 0.417 e. The summed E-state index contributed by atoms with van der Waals surface area (Å²) < 4.78 is 74.6. The first-order chi connectivity index (χ1) is 16.6. The summed E-state index contributed by atoms with van der Waals surface area (Å²) in [6.07, 6.45) is -5.40. The maximum atomic E-state index is 13.5. The van der Waals surface area contributed by atoms with Crippen LogP contribution in [-0.2, 0) is 28.3 Å². The van der Waals surface area contributed by atoms with Crippen molar-refractivity contribution < 1.29 is 35.7 Å². The van der Waals surface area contributed by atoms with Crippen molar-refractivity contribution in [3.8, 4) is 0 Å². The van der Waals surface area contributed by atoms with Crippen LogP contribution in [0.3, 0.4) is 0 Å². The number of carbonyl (C=O) groups excluding carboxylic acids is 1. The average molecular weight is 515 g/mol. The summed E-state index contributed by atoms with van der Waals surface area (Å²) in [6, 6.07) is 6.87. The maximum absolute atomic E-state index is 13.5. The summed E-state index contributed by atoms with van der Waals surface area (Å²) in [5, 5.41) is 0. The Labute approximate surface area is 198 Å². The fourth-order valence-corrected chi connectivity index (χ4v) is 4.80. The third-order valence-corrected chi connectivity index (χ3v) is 6.86. The lowest BCUT2D eigenvalue weighted by Crippen LogP contribution is -2.49. The first-order valence-corrected chi connectivity index (χ1v) is 11.9. The van der Waals surface area contributed by atoms with E-state index in [1.165, 1.54) is 4.90 Å². The van der Waals surface area contributed by atoms with Crippen LogP contribution in [0.15, 0.2) is 50.5 Å². The van der Waals surface area contributed by atoms with Crippen LogP contribution in [0.5, 0.6) is 0 Å². The number of ether oxygens (including phenoxy) is 1. The molecule has 8 nitrogen and oxygen atoms in total. The number of nitrogens with one attached hydrogen (secondary N) is 1. The minimum atomic E-state index is -4.70. The van der Waals surface area contributed by atoms with E-state index in [0.717, 1.165) is 12.1 Å². The SMILES string of the molecule is O=C(OCc1cc(F)cc(C(F)(F)F)c1)N1CCN(CC[S@@](=O)c2ccc3[nH]c(=O)oc3c2)CC1. The van der Waals surface area contributed by atoms with E-state index >= 15 is 0 Å². The summed E-state index contributed by atoms with van der Waals surface area (Å²) in [5.41, 5.74) is -0.381. The van der Waals surface area contributed by atoms with Crippen molar-refractivity contribution in [3.63, 3.8) is 0 Å². The van der Waals surface area contributed by atoms with E-state index in [-0.39, 0.29) is 5.56 Å². The zero-order valence-corrected chi connectivity index (χ0v) is 19.1. The molecule has 4 rings (SSSR count). The predicted octanol–water partition coefficient (Wildman–Crippen LogP) is 3.34. The van der Waals surface area contributed by atoms with Crippen LogP contribution in [0.25, 0.3) is 11.1 Å². The van der Waals surface area contributed by atoms with Crippen LogP contribution in [0.4, 0.5) is 22.4 Å². The molecule has 0 saturated carbocycles. The molecule has 2 heterocycles. The minimum absolute atomic E-state index is 0.0936. The fourth-order valence-electron chi connectivity index (χ4n) is 3.68. The van der Waals surface area contributed by atoms with Crippen LogP contribution in [0.1, 0.15) is 11.1 Å². The fraction of sp³-hybridized carbons (Fsp3) is 0.364. The second-order valence-electron chi connectivity index (χ2n) is 7.95. The Kier molecular flexibility index (Phi) is 7.26. The first kappa shape index (κ1) is 24.9. The first-order valence-electron chi connectivity index (χ1n) is 10.6. The number of halogens is 4. The van der Waals surface area contributed by atoms with E-state index in [1.54, 1.807) is 18.2 Å². The van der Waals surface area contributed by atoms with E-state index in [2.05, 4.69) is 4.98 Å². The van der Waals surface area contributed by atoms with Crippen molar-refractivity contribution in [3.05, 3.63) is 63.9 Å². The van der Waals surface area contributed by atoms with Crippen molar-refractivity contribution in [1.82, 2.24) is 14.8 Å². The molecule has 0 bridgehead atoms. The molecule has 1 saturated heterocycles. The molecule has 0 radical (unpaired) electrons. The van der Waals surface area contributed by atoms with Crippen LogP contribution >= 0.6 is 0 Å². The molecule has 0 unspecified atom stereocenters. The van der Waals surface area contributed by atoms with Gasteiger partial charge in [-0.05, 0) is 42.0 Å². The molecule has 1 N–H and O–H groups in total. The summed E-state index contributed by atoms with van der Waals surface area (Å²) in [5.74, 6) is -1.30. The molecular weight excluding hydrogens is 494 g/mol. The van der Waals surface area contributed by atoms with Crippen molar-refractivity contribution in [2.75, 3.05) is 38.5 Å². The lowest BCUT2D eigenvalue weighted by Gasteiger charge is -2.33. The molecule has 1 aliphatic heterocycles. The highest BCUT2D eigenvalue weighted by Gasteiger charge is 2.31. The number of H-pyrrole nitrogens is 1. The van der Waals surface area contributed by atoms with E-state index < -0.39 is 46.8 Å². The predicted molar refractivity (Wildman–Crippen MR) is 118 cm³/mol. The number of alkyl halides is 3. The Hall–Kier alpha value is -3.19. The van der Waals surface area contributed by atoms with Crippen molar-refractivity contribution in [2.24, 2.45) is 0 Å². The van der Waals surface area contributed by atoms with Gasteiger partial charge in [-0.25, -0.2) is 14.0 Å². The summed E-state index contributed by atoms with van der Waals surface area (Å²) in [4.78, 5) is 30.0.